The first-order valence-electron chi connectivity index (χ1n) is 11.9. The average Bonchev–Trinajstić information content (AvgIpc) is 3.37. The first-order chi connectivity index (χ1) is 15.7. The quantitative estimate of drug-likeness (QED) is 0.382. The van der Waals surface area contributed by atoms with Crippen molar-refractivity contribution in [1.29, 1.82) is 0 Å². The maximum Gasteiger partial charge on any atom is 0.191 e. The lowest BCUT2D eigenvalue weighted by Gasteiger charge is -2.32. The molecule has 5 nitrogen and oxygen atoms in total. The van der Waals surface area contributed by atoms with Crippen molar-refractivity contribution in [1.82, 2.24) is 10.6 Å². The van der Waals surface area contributed by atoms with Gasteiger partial charge < -0.3 is 20.3 Å². The Bertz CT molecular complexity index is 914. The predicted molar refractivity (Wildman–Crippen MR) is 133 cm³/mol. The van der Waals surface area contributed by atoms with E-state index in [2.05, 4.69) is 90.1 Å². The molecule has 2 aromatic carbocycles. The first-order valence-corrected chi connectivity index (χ1v) is 11.9. The number of benzene rings is 2. The van der Waals surface area contributed by atoms with Crippen molar-refractivity contribution < 1.29 is 4.74 Å². The Morgan fingerprint density at radius 2 is 1.91 bits per heavy atom. The maximum atomic E-state index is 6.19. The van der Waals surface area contributed by atoms with Gasteiger partial charge >= 0.3 is 0 Å². The monoisotopic (exact) mass is 432 g/mol. The van der Waals surface area contributed by atoms with Crippen LogP contribution >= 0.6 is 0 Å². The van der Waals surface area contributed by atoms with E-state index in [0.29, 0.717) is 12.5 Å². The molecule has 1 fully saturated rings. The minimum absolute atomic E-state index is 0.144. The standard InChI is InChI=1S/C27H36N4O/c1-3-28-27(29-19-22-8-6-10-25(18-22)31-15-4-5-16-31)30-20-24-9-7-17-32-26(24)23-13-11-21(2)12-14-23/h4-6,8,10-14,18,24,26H,3,7,9,15-17,19-20H2,1-2H3,(H2,28,29,30). The molecule has 0 bridgehead atoms. The van der Waals surface area contributed by atoms with Gasteiger partial charge in [0.25, 0.3) is 0 Å². The number of aryl methyl sites for hydroxylation is 1. The SMILES string of the molecule is CCNC(=NCc1cccc(N2CC=CC2)c1)NCC1CCCOC1c1ccc(C)cc1. The lowest BCUT2D eigenvalue weighted by Crippen LogP contribution is -2.42. The second-order valence-corrected chi connectivity index (χ2v) is 8.73. The Kier molecular flexibility index (Phi) is 7.83. The molecule has 170 valence electrons. The number of hydrogen-bond donors (Lipinski definition) is 2. The number of anilines is 1. The number of rotatable bonds is 7. The van der Waals surface area contributed by atoms with Crippen molar-refractivity contribution in [2.45, 2.75) is 39.3 Å². The number of guanidine groups is 1. The van der Waals surface area contributed by atoms with Crippen LogP contribution in [0.4, 0.5) is 5.69 Å². The third kappa shape index (κ3) is 5.92. The fraction of sp³-hybridized carbons (Fsp3) is 0.444. The van der Waals surface area contributed by atoms with E-state index in [1.807, 2.05) is 0 Å². The second-order valence-electron chi connectivity index (χ2n) is 8.73. The van der Waals surface area contributed by atoms with E-state index in [-0.39, 0.29) is 6.10 Å². The number of hydrogen-bond acceptors (Lipinski definition) is 3. The smallest absolute Gasteiger partial charge is 0.191 e. The fourth-order valence-corrected chi connectivity index (χ4v) is 4.46. The zero-order chi connectivity index (χ0) is 22.2. The van der Waals surface area contributed by atoms with Crippen LogP contribution < -0.4 is 15.5 Å². The molecule has 32 heavy (non-hydrogen) atoms. The molecule has 0 amide bonds. The highest BCUT2D eigenvalue weighted by Crippen LogP contribution is 2.33. The Morgan fingerprint density at radius 1 is 1.09 bits per heavy atom. The van der Waals surface area contributed by atoms with Crippen molar-refractivity contribution in [3.8, 4) is 0 Å². The summed E-state index contributed by atoms with van der Waals surface area (Å²) in [6.45, 7) is 9.40. The number of nitrogens with one attached hydrogen (secondary N) is 2. The summed E-state index contributed by atoms with van der Waals surface area (Å²) in [7, 11) is 0. The number of nitrogens with zero attached hydrogens (tertiary/aromatic N) is 2. The molecule has 5 heteroatoms. The highest BCUT2D eigenvalue weighted by atomic mass is 16.5. The van der Waals surface area contributed by atoms with E-state index in [1.54, 1.807) is 0 Å². The number of aliphatic imine (C=N–C) groups is 1. The van der Waals surface area contributed by atoms with Gasteiger partial charge in [-0.2, -0.15) is 0 Å². The maximum absolute atomic E-state index is 6.19. The van der Waals surface area contributed by atoms with Crippen LogP contribution in [0.15, 0.2) is 65.7 Å². The van der Waals surface area contributed by atoms with Gasteiger partial charge in [-0.15, -0.1) is 0 Å². The second kappa shape index (κ2) is 11.2. The lowest BCUT2D eigenvalue weighted by molar-refractivity contribution is -0.0265. The molecule has 0 aromatic heterocycles. The topological polar surface area (TPSA) is 48.9 Å². The summed E-state index contributed by atoms with van der Waals surface area (Å²) in [6, 6.07) is 17.5. The van der Waals surface area contributed by atoms with Gasteiger partial charge in [0.15, 0.2) is 5.96 Å². The van der Waals surface area contributed by atoms with Crippen molar-refractivity contribution in [2.75, 3.05) is 37.7 Å². The summed E-state index contributed by atoms with van der Waals surface area (Å²) in [4.78, 5) is 7.23. The van der Waals surface area contributed by atoms with E-state index < -0.39 is 0 Å². The van der Waals surface area contributed by atoms with Gasteiger partial charge in [-0.3, -0.25) is 0 Å². The van der Waals surface area contributed by atoms with Gasteiger partial charge in [0, 0.05) is 44.4 Å². The van der Waals surface area contributed by atoms with Gasteiger partial charge in [-0.1, -0.05) is 54.1 Å². The first kappa shape index (κ1) is 22.4. The van der Waals surface area contributed by atoms with E-state index in [4.69, 9.17) is 9.73 Å². The van der Waals surface area contributed by atoms with Crippen LogP contribution in [0, 0.1) is 12.8 Å². The van der Waals surface area contributed by atoms with Crippen LogP contribution in [-0.4, -0.2) is 38.7 Å². The van der Waals surface area contributed by atoms with Crippen LogP contribution in [0.5, 0.6) is 0 Å². The molecule has 2 aromatic rings. The van der Waals surface area contributed by atoms with Crippen molar-refractivity contribution in [3.63, 3.8) is 0 Å². The van der Waals surface area contributed by atoms with Crippen molar-refractivity contribution in [2.24, 2.45) is 10.9 Å². The zero-order valence-electron chi connectivity index (χ0n) is 19.4. The van der Waals surface area contributed by atoms with Crippen molar-refractivity contribution in [3.05, 3.63) is 77.4 Å². The van der Waals surface area contributed by atoms with Gasteiger partial charge in [0.2, 0.25) is 0 Å². The molecule has 0 aliphatic carbocycles. The lowest BCUT2D eigenvalue weighted by atomic mass is 9.89. The molecule has 0 radical (unpaired) electrons. The molecule has 2 heterocycles. The Morgan fingerprint density at radius 3 is 2.69 bits per heavy atom. The summed E-state index contributed by atoms with van der Waals surface area (Å²) in [5, 5.41) is 6.98. The zero-order valence-corrected chi connectivity index (χ0v) is 19.4. The molecule has 0 spiro atoms. The fourth-order valence-electron chi connectivity index (χ4n) is 4.46. The molecule has 2 aliphatic rings. The van der Waals surface area contributed by atoms with Gasteiger partial charge in [-0.25, -0.2) is 4.99 Å². The van der Waals surface area contributed by atoms with Crippen LogP contribution in [0.1, 0.15) is 42.6 Å². The summed E-state index contributed by atoms with van der Waals surface area (Å²) in [5.74, 6) is 1.30. The van der Waals surface area contributed by atoms with Gasteiger partial charge in [0.05, 0.1) is 12.6 Å². The third-order valence-electron chi connectivity index (χ3n) is 6.24. The van der Waals surface area contributed by atoms with Crippen LogP contribution in [-0.2, 0) is 11.3 Å². The Hall–Kier alpha value is -2.79. The summed E-state index contributed by atoms with van der Waals surface area (Å²) in [6.07, 6.45) is 6.86. The molecule has 2 atom stereocenters. The molecule has 1 saturated heterocycles. The van der Waals surface area contributed by atoms with E-state index in [1.165, 1.54) is 22.4 Å². The molecule has 2 aliphatic heterocycles. The van der Waals surface area contributed by atoms with Crippen LogP contribution in [0.25, 0.3) is 0 Å². The van der Waals surface area contributed by atoms with E-state index in [0.717, 1.165) is 51.6 Å². The van der Waals surface area contributed by atoms with E-state index >= 15 is 0 Å². The normalized spacial score (nSPS) is 21.1. The van der Waals surface area contributed by atoms with Gasteiger partial charge in [-0.05, 0) is 49.9 Å². The summed E-state index contributed by atoms with van der Waals surface area (Å²) >= 11 is 0. The molecule has 4 rings (SSSR count). The minimum Gasteiger partial charge on any atom is -0.373 e. The van der Waals surface area contributed by atoms with Crippen LogP contribution in [0.2, 0.25) is 0 Å². The molecular formula is C27H36N4O. The molecule has 2 N–H and O–H groups in total. The average molecular weight is 433 g/mol. The Labute approximate surface area is 192 Å². The number of ether oxygens (including phenoxy) is 1. The van der Waals surface area contributed by atoms with Crippen molar-refractivity contribution >= 4 is 11.6 Å². The molecule has 2 unspecified atom stereocenters. The summed E-state index contributed by atoms with van der Waals surface area (Å²) < 4.78 is 6.19. The molecule has 0 saturated carbocycles. The van der Waals surface area contributed by atoms with E-state index in [9.17, 15) is 0 Å². The van der Waals surface area contributed by atoms with Crippen LogP contribution in [0.3, 0.4) is 0 Å². The predicted octanol–water partition coefficient (Wildman–Crippen LogP) is 4.59. The third-order valence-corrected chi connectivity index (χ3v) is 6.24. The highest BCUT2D eigenvalue weighted by Gasteiger charge is 2.27. The summed E-state index contributed by atoms with van der Waals surface area (Å²) in [5.41, 5.74) is 5.05. The Balaban J connectivity index is 1.38. The molecular weight excluding hydrogens is 396 g/mol. The van der Waals surface area contributed by atoms with Gasteiger partial charge in [0.1, 0.15) is 0 Å². The minimum atomic E-state index is 0.144. The highest BCUT2D eigenvalue weighted by molar-refractivity contribution is 5.79. The largest absolute Gasteiger partial charge is 0.373 e.